The second-order valence-corrected chi connectivity index (χ2v) is 2.46. The number of hydrogen-bond acceptors (Lipinski definition) is 4. The summed E-state index contributed by atoms with van der Waals surface area (Å²) in [6, 6.07) is 0. The van der Waals surface area contributed by atoms with Crippen molar-refractivity contribution in [3.05, 3.63) is 0 Å². The number of ether oxygens (including phenoxy) is 1. The number of aliphatic hydroxyl groups excluding tert-OH is 1. The van der Waals surface area contributed by atoms with Crippen LogP contribution < -0.4 is 0 Å². The Kier molecular flexibility index (Phi) is 5.28. The molecule has 12 heavy (non-hydrogen) atoms. The Hall–Kier alpha value is -0.900. The number of Topliss-reactive ketones (excluding diaryl/α,β-unsaturated/α-hetero) is 1. The summed E-state index contributed by atoms with van der Waals surface area (Å²) >= 11 is 0. The maximum atomic E-state index is 11.0. The van der Waals surface area contributed by atoms with E-state index >= 15 is 0 Å². The highest BCUT2D eigenvalue weighted by Crippen LogP contribution is 2.05. The summed E-state index contributed by atoms with van der Waals surface area (Å²) in [5, 5.41) is 8.35. The maximum Gasteiger partial charge on any atom is 0.316 e. The third-order valence-corrected chi connectivity index (χ3v) is 1.52. The lowest BCUT2D eigenvalue weighted by atomic mass is 10.0. The number of hydrogen-bond donors (Lipinski definition) is 1. The fraction of sp³-hybridized carbons (Fsp3) is 0.750. The van der Waals surface area contributed by atoms with Gasteiger partial charge in [0.2, 0.25) is 0 Å². The Bertz CT molecular complexity index is 164. The van der Waals surface area contributed by atoms with Gasteiger partial charge in [0, 0.05) is 0 Å². The van der Waals surface area contributed by atoms with E-state index in [9.17, 15) is 9.59 Å². The number of ketones is 1. The molecule has 0 amide bonds. The van der Waals surface area contributed by atoms with E-state index in [0.717, 1.165) is 0 Å². The molecular formula is C8H14O4. The van der Waals surface area contributed by atoms with Crippen molar-refractivity contribution in [2.24, 2.45) is 5.92 Å². The zero-order chi connectivity index (χ0) is 9.56. The first-order chi connectivity index (χ1) is 5.63. The van der Waals surface area contributed by atoms with Crippen LogP contribution in [0.4, 0.5) is 0 Å². The predicted octanol–water partition coefficient (Wildman–Crippen LogP) is 0.137. The summed E-state index contributed by atoms with van der Waals surface area (Å²) in [6.45, 7) is 2.85. The van der Waals surface area contributed by atoms with E-state index in [1.807, 2.05) is 0 Å². The van der Waals surface area contributed by atoms with Crippen LogP contribution in [-0.2, 0) is 14.3 Å². The number of carbonyl (C=O) groups is 2. The second kappa shape index (κ2) is 5.71. The fourth-order valence-corrected chi connectivity index (χ4v) is 0.867. The molecule has 0 radical (unpaired) electrons. The van der Waals surface area contributed by atoms with Crippen LogP contribution in [0.3, 0.4) is 0 Å². The SMILES string of the molecule is CCC(C(C)=O)C(=O)OCCO. The third kappa shape index (κ3) is 3.48. The molecule has 0 aromatic carbocycles. The largest absolute Gasteiger partial charge is 0.463 e. The Balaban J connectivity index is 3.95. The van der Waals surface area contributed by atoms with Gasteiger partial charge in [-0.1, -0.05) is 6.92 Å². The lowest BCUT2D eigenvalue weighted by Gasteiger charge is -2.09. The van der Waals surface area contributed by atoms with E-state index in [4.69, 9.17) is 5.11 Å². The van der Waals surface area contributed by atoms with Gasteiger partial charge in [0.15, 0.2) is 0 Å². The number of esters is 1. The molecule has 0 aromatic rings. The summed E-state index contributed by atoms with van der Waals surface area (Å²) in [6.07, 6.45) is 0.444. The van der Waals surface area contributed by atoms with Crippen LogP contribution in [0.1, 0.15) is 20.3 Å². The van der Waals surface area contributed by atoms with Crippen molar-refractivity contribution in [1.29, 1.82) is 0 Å². The average Bonchev–Trinajstić information content (AvgIpc) is 2.01. The monoisotopic (exact) mass is 174 g/mol. The highest BCUT2D eigenvalue weighted by atomic mass is 16.5. The zero-order valence-corrected chi connectivity index (χ0v) is 7.37. The first-order valence-electron chi connectivity index (χ1n) is 3.91. The van der Waals surface area contributed by atoms with E-state index < -0.39 is 11.9 Å². The lowest BCUT2D eigenvalue weighted by molar-refractivity contribution is -0.152. The molecule has 0 aliphatic carbocycles. The van der Waals surface area contributed by atoms with Crippen LogP contribution in [0.5, 0.6) is 0 Å². The molecule has 4 heteroatoms. The average molecular weight is 174 g/mol. The topological polar surface area (TPSA) is 63.6 Å². The van der Waals surface area contributed by atoms with E-state index in [0.29, 0.717) is 6.42 Å². The zero-order valence-electron chi connectivity index (χ0n) is 7.37. The minimum absolute atomic E-state index is 0.0391. The molecule has 0 saturated heterocycles. The van der Waals surface area contributed by atoms with E-state index in [2.05, 4.69) is 4.74 Å². The molecule has 1 atom stereocenters. The van der Waals surface area contributed by atoms with Crippen molar-refractivity contribution in [2.45, 2.75) is 20.3 Å². The minimum Gasteiger partial charge on any atom is -0.463 e. The van der Waals surface area contributed by atoms with Crippen molar-refractivity contribution < 1.29 is 19.4 Å². The maximum absolute atomic E-state index is 11.0. The summed E-state index contributed by atoms with van der Waals surface area (Å²) in [5.74, 6) is -1.41. The highest BCUT2D eigenvalue weighted by molar-refractivity contribution is 5.97. The third-order valence-electron chi connectivity index (χ3n) is 1.52. The first kappa shape index (κ1) is 11.1. The molecule has 0 rings (SSSR count). The standard InChI is InChI=1S/C8H14O4/c1-3-7(6(2)10)8(11)12-5-4-9/h7,9H,3-5H2,1-2H3. The van der Waals surface area contributed by atoms with Gasteiger partial charge in [0.25, 0.3) is 0 Å². The highest BCUT2D eigenvalue weighted by Gasteiger charge is 2.22. The molecule has 0 heterocycles. The first-order valence-corrected chi connectivity index (χ1v) is 3.91. The normalized spacial score (nSPS) is 12.2. The van der Waals surface area contributed by atoms with E-state index in [1.165, 1.54) is 6.92 Å². The van der Waals surface area contributed by atoms with Crippen LogP contribution in [0.25, 0.3) is 0 Å². The molecule has 4 nitrogen and oxygen atoms in total. The number of rotatable bonds is 5. The molecule has 1 unspecified atom stereocenters. The molecule has 0 aliphatic heterocycles. The molecule has 0 saturated carbocycles. The van der Waals surface area contributed by atoms with Crippen LogP contribution in [0.15, 0.2) is 0 Å². The molecule has 70 valence electrons. The number of aliphatic hydroxyl groups is 1. The van der Waals surface area contributed by atoms with Gasteiger partial charge in [0.05, 0.1) is 6.61 Å². The lowest BCUT2D eigenvalue weighted by Crippen LogP contribution is -2.24. The van der Waals surface area contributed by atoms with Gasteiger partial charge in [-0.05, 0) is 13.3 Å². The van der Waals surface area contributed by atoms with Gasteiger partial charge in [-0.2, -0.15) is 0 Å². The summed E-state index contributed by atoms with van der Waals surface area (Å²) in [7, 11) is 0. The minimum atomic E-state index is -0.670. The Morgan fingerprint density at radius 3 is 2.42 bits per heavy atom. The smallest absolute Gasteiger partial charge is 0.316 e. The summed E-state index contributed by atoms with van der Waals surface area (Å²) in [5.41, 5.74) is 0. The van der Waals surface area contributed by atoms with Crippen molar-refractivity contribution in [2.75, 3.05) is 13.2 Å². The van der Waals surface area contributed by atoms with Gasteiger partial charge < -0.3 is 9.84 Å². The summed E-state index contributed by atoms with van der Waals surface area (Å²) < 4.78 is 4.60. The second-order valence-electron chi connectivity index (χ2n) is 2.46. The van der Waals surface area contributed by atoms with Gasteiger partial charge in [-0.15, -0.1) is 0 Å². The van der Waals surface area contributed by atoms with Crippen LogP contribution in [-0.4, -0.2) is 30.1 Å². The van der Waals surface area contributed by atoms with Crippen LogP contribution >= 0.6 is 0 Å². The van der Waals surface area contributed by atoms with Crippen LogP contribution in [0, 0.1) is 5.92 Å². The van der Waals surface area contributed by atoms with Crippen molar-refractivity contribution in [1.82, 2.24) is 0 Å². The molecule has 0 fully saturated rings. The predicted molar refractivity (Wildman–Crippen MR) is 42.5 cm³/mol. The van der Waals surface area contributed by atoms with Crippen LogP contribution in [0.2, 0.25) is 0 Å². The molecule has 0 bridgehead atoms. The molecule has 0 aromatic heterocycles. The summed E-state index contributed by atoms with van der Waals surface area (Å²) in [4.78, 5) is 21.8. The van der Waals surface area contributed by atoms with Gasteiger partial charge in [-0.25, -0.2) is 0 Å². The van der Waals surface area contributed by atoms with Gasteiger partial charge >= 0.3 is 5.97 Å². The van der Waals surface area contributed by atoms with Crippen molar-refractivity contribution in [3.63, 3.8) is 0 Å². The fourth-order valence-electron chi connectivity index (χ4n) is 0.867. The quantitative estimate of drug-likeness (QED) is 0.475. The van der Waals surface area contributed by atoms with Gasteiger partial charge in [0.1, 0.15) is 18.3 Å². The van der Waals surface area contributed by atoms with Crippen molar-refractivity contribution >= 4 is 11.8 Å². The van der Waals surface area contributed by atoms with E-state index in [1.54, 1.807) is 6.92 Å². The Labute approximate surface area is 71.5 Å². The molecule has 0 spiro atoms. The molecular weight excluding hydrogens is 160 g/mol. The van der Waals surface area contributed by atoms with Gasteiger partial charge in [-0.3, -0.25) is 9.59 Å². The molecule has 0 aliphatic rings. The number of carbonyl (C=O) groups excluding carboxylic acids is 2. The molecule has 1 N–H and O–H groups in total. The Morgan fingerprint density at radius 1 is 1.50 bits per heavy atom. The van der Waals surface area contributed by atoms with E-state index in [-0.39, 0.29) is 19.0 Å². The van der Waals surface area contributed by atoms with Crippen molar-refractivity contribution in [3.8, 4) is 0 Å². The Morgan fingerprint density at radius 2 is 2.08 bits per heavy atom.